The maximum atomic E-state index is 14.0. The molecule has 3 aliphatic heterocycles. The molecule has 0 spiro atoms. The van der Waals surface area contributed by atoms with Crippen LogP contribution in [-0.4, -0.2) is 95.2 Å². The van der Waals surface area contributed by atoms with Gasteiger partial charge in [-0.05, 0) is 37.5 Å². The first-order valence-electron chi connectivity index (χ1n) is 13.7. The summed E-state index contributed by atoms with van der Waals surface area (Å²) in [5, 5.41) is 17.6. The molecular weight excluding hydrogens is 563 g/mol. The number of ether oxygens (including phenoxy) is 1. The number of β-amino-alcohol motifs (C(OH)–C–C–N with tert-alkyl or cyclic N) is 1. The van der Waals surface area contributed by atoms with E-state index in [2.05, 4.69) is 5.32 Å². The summed E-state index contributed by atoms with van der Waals surface area (Å²) in [6.45, 7) is 0.864. The molecule has 2 fully saturated rings. The Kier molecular flexibility index (Phi) is 7.37. The van der Waals surface area contributed by atoms with Crippen molar-refractivity contribution >= 4 is 34.8 Å². The van der Waals surface area contributed by atoms with Crippen LogP contribution in [0.5, 0.6) is 5.75 Å². The third kappa shape index (κ3) is 5.50. The SMILES string of the molecule is CN1CCNC(C(F)(F)F)COc2ccc(Cl)cc2C(=O)N2CCCCC2c2cc3nc(N4CC(O)C4)cc1n3n2. The number of amides is 1. The zero-order valence-electron chi connectivity index (χ0n) is 22.4. The molecule has 2 unspecified atom stereocenters. The average molecular weight is 594 g/mol. The van der Waals surface area contributed by atoms with Gasteiger partial charge < -0.3 is 29.9 Å². The lowest BCUT2D eigenvalue weighted by Crippen LogP contribution is -2.51. The van der Waals surface area contributed by atoms with Crippen LogP contribution in [-0.2, 0) is 0 Å². The number of benzene rings is 1. The molecule has 1 amide bonds. The molecule has 2 bridgehead atoms. The van der Waals surface area contributed by atoms with Crippen molar-refractivity contribution in [3.05, 3.63) is 46.6 Å². The van der Waals surface area contributed by atoms with Gasteiger partial charge in [0.2, 0.25) is 0 Å². The van der Waals surface area contributed by atoms with E-state index in [1.54, 1.807) is 16.5 Å². The number of likely N-dealkylation sites (N-methyl/N-ethyl adjacent to an activating group) is 1. The van der Waals surface area contributed by atoms with Crippen LogP contribution in [0.15, 0.2) is 30.3 Å². The first kappa shape index (κ1) is 27.9. The average Bonchev–Trinajstić information content (AvgIpc) is 3.35. The number of alkyl halides is 3. The Morgan fingerprint density at radius 1 is 1.15 bits per heavy atom. The van der Waals surface area contributed by atoms with Gasteiger partial charge in [-0.1, -0.05) is 11.6 Å². The number of aliphatic hydroxyl groups is 1. The van der Waals surface area contributed by atoms with Crippen molar-refractivity contribution in [1.82, 2.24) is 24.8 Å². The highest BCUT2D eigenvalue weighted by Gasteiger charge is 2.40. The van der Waals surface area contributed by atoms with Crippen LogP contribution in [0.3, 0.4) is 0 Å². The number of carbonyl (C=O) groups is 1. The molecular formula is C27H31ClF3N7O3. The van der Waals surface area contributed by atoms with Gasteiger partial charge in [-0.3, -0.25) is 4.79 Å². The van der Waals surface area contributed by atoms with E-state index in [-0.39, 0.29) is 41.4 Å². The molecule has 14 heteroatoms. The van der Waals surface area contributed by atoms with Crippen LogP contribution in [0.2, 0.25) is 5.02 Å². The summed E-state index contributed by atoms with van der Waals surface area (Å²) in [5.41, 5.74) is 1.34. The number of hydrogen-bond acceptors (Lipinski definition) is 8. The highest BCUT2D eigenvalue weighted by molar-refractivity contribution is 6.31. The standard InChI is InChI=1S/C27H31ClF3N7O3/c1-35-9-7-32-22(27(29,30)31)15-41-21-6-5-16(28)10-18(21)26(40)37-8-3-2-4-20(37)19-11-24-33-23(36-13-17(39)14-36)12-25(35)38(24)34-19/h5-6,10-12,17,20,22,32,39H,2-4,7-9,13-15H2,1H3. The summed E-state index contributed by atoms with van der Waals surface area (Å²) in [4.78, 5) is 24.2. The third-order valence-electron chi connectivity index (χ3n) is 7.91. The van der Waals surface area contributed by atoms with Gasteiger partial charge >= 0.3 is 6.18 Å². The van der Waals surface area contributed by atoms with Gasteiger partial charge in [0.05, 0.1) is 23.4 Å². The van der Waals surface area contributed by atoms with Crippen molar-refractivity contribution in [1.29, 1.82) is 0 Å². The highest BCUT2D eigenvalue weighted by Crippen LogP contribution is 2.36. The summed E-state index contributed by atoms with van der Waals surface area (Å²) in [6.07, 6.45) is -2.68. The molecule has 0 radical (unpaired) electrons. The van der Waals surface area contributed by atoms with Gasteiger partial charge in [0, 0.05) is 56.9 Å². The number of halogens is 4. The lowest BCUT2D eigenvalue weighted by Gasteiger charge is -2.37. The second-order valence-electron chi connectivity index (χ2n) is 10.8. The lowest BCUT2D eigenvalue weighted by atomic mass is 9.98. The fourth-order valence-corrected chi connectivity index (χ4v) is 5.77. The van der Waals surface area contributed by atoms with Gasteiger partial charge in [-0.15, -0.1) is 0 Å². The fraction of sp³-hybridized carbons (Fsp3) is 0.519. The summed E-state index contributed by atoms with van der Waals surface area (Å²) in [5.74, 6) is 0.943. The van der Waals surface area contributed by atoms with Gasteiger partial charge in [0.1, 0.15) is 30.0 Å². The molecule has 2 N–H and O–H groups in total. The molecule has 10 nitrogen and oxygen atoms in total. The van der Waals surface area contributed by atoms with E-state index in [0.717, 1.165) is 12.8 Å². The number of anilines is 2. The predicted octanol–water partition coefficient (Wildman–Crippen LogP) is 3.28. The number of hydrogen-bond donors (Lipinski definition) is 2. The van der Waals surface area contributed by atoms with Crippen molar-refractivity contribution in [2.75, 3.05) is 56.2 Å². The van der Waals surface area contributed by atoms with Crippen molar-refractivity contribution in [3.8, 4) is 5.75 Å². The zero-order valence-corrected chi connectivity index (χ0v) is 23.2. The number of aromatic nitrogens is 3. The monoisotopic (exact) mass is 593 g/mol. The molecule has 0 aliphatic carbocycles. The van der Waals surface area contributed by atoms with E-state index in [1.165, 1.54) is 18.2 Å². The van der Waals surface area contributed by atoms with E-state index in [1.807, 2.05) is 21.9 Å². The smallest absolute Gasteiger partial charge is 0.407 e. The Bertz CT molecular complexity index is 1450. The van der Waals surface area contributed by atoms with E-state index >= 15 is 0 Å². The lowest BCUT2D eigenvalue weighted by molar-refractivity contribution is -0.161. The quantitative estimate of drug-likeness (QED) is 0.444. The number of nitrogens with one attached hydrogen (secondary N) is 1. The normalized spacial score (nSPS) is 22.9. The van der Waals surface area contributed by atoms with Gasteiger partial charge in [0.25, 0.3) is 5.91 Å². The summed E-state index contributed by atoms with van der Waals surface area (Å²) >= 11 is 6.23. The van der Waals surface area contributed by atoms with E-state index in [0.29, 0.717) is 49.0 Å². The number of nitrogens with zero attached hydrogens (tertiary/aromatic N) is 6. The Hall–Kier alpha value is -3.29. The second-order valence-corrected chi connectivity index (χ2v) is 11.2. The number of piperidine rings is 1. The van der Waals surface area contributed by atoms with Crippen LogP contribution >= 0.6 is 11.6 Å². The molecule has 220 valence electrons. The Morgan fingerprint density at radius 3 is 2.71 bits per heavy atom. The van der Waals surface area contributed by atoms with Gasteiger partial charge in [0.15, 0.2) is 5.65 Å². The summed E-state index contributed by atoms with van der Waals surface area (Å²) in [6, 6.07) is 5.73. The Morgan fingerprint density at radius 2 is 1.95 bits per heavy atom. The van der Waals surface area contributed by atoms with Crippen LogP contribution in [0.1, 0.15) is 41.4 Å². The highest BCUT2D eigenvalue weighted by atomic mass is 35.5. The minimum absolute atomic E-state index is 0.00253. The zero-order chi connectivity index (χ0) is 28.9. The molecule has 2 aromatic heterocycles. The molecule has 41 heavy (non-hydrogen) atoms. The predicted molar refractivity (Wildman–Crippen MR) is 147 cm³/mol. The molecule has 2 saturated heterocycles. The van der Waals surface area contributed by atoms with Crippen molar-refractivity contribution in [2.24, 2.45) is 0 Å². The van der Waals surface area contributed by atoms with Crippen molar-refractivity contribution in [3.63, 3.8) is 0 Å². The van der Waals surface area contributed by atoms with Crippen LogP contribution in [0.4, 0.5) is 24.8 Å². The number of fused-ring (bicyclic) bond motifs is 4. The Balaban J connectivity index is 1.46. The molecule has 3 aromatic rings. The first-order valence-corrected chi connectivity index (χ1v) is 14.0. The van der Waals surface area contributed by atoms with Crippen LogP contribution in [0, 0.1) is 0 Å². The van der Waals surface area contributed by atoms with E-state index in [9.17, 15) is 23.1 Å². The molecule has 0 saturated carbocycles. The molecule has 3 aliphatic rings. The number of aliphatic hydroxyl groups excluding tert-OH is 1. The topological polar surface area (TPSA) is 98.5 Å². The minimum atomic E-state index is -4.58. The van der Waals surface area contributed by atoms with Gasteiger partial charge in [-0.25, -0.2) is 4.98 Å². The summed E-state index contributed by atoms with van der Waals surface area (Å²) < 4.78 is 49.2. The van der Waals surface area contributed by atoms with Gasteiger partial charge in [-0.2, -0.15) is 22.8 Å². The second kappa shape index (κ2) is 10.8. The van der Waals surface area contributed by atoms with E-state index < -0.39 is 24.9 Å². The molecule has 2 atom stereocenters. The third-order valence-corrected chi connectivity index (χ3v) is 8.14. The number of carbonyl (C=O) groups excluding carboxylic acids is 1. The van der Waals surface area contributed by atoms with E-state index in [4.69, 9.17) is 26.4 Å². The van der Waals surface area contributed by atoms with Crippen molar-refractivity contribution in [2.45, 2.75) is 43.6 Å². The molecule has 6 rings (SSSR count). The first-order chi connectivity index (χ1) is 19.6. The van der Waals surface area contributed by atoms with Crippen LogP contribution in [0.25, 0.3) is 5.65 Å². The maximum Gasteiger partial charge on any atom is 0.407 e. The van der Waals surface area contributed by atoms with Crippen molar-refractivity contribution < 1.29 is 27.8 Å². The number of rotatable bonds is 1. The largest absolute Gasteiger partial charge is 0.491 e. The molecule has 5 heterocycles. The molecule has 1 aromatic carbocycles. The Labute approximate surface area is 239 Å². The fourth-order valence-electron chi connectivity index (χ4n) is 5.60. The maximum absolute atomic E-state index is 14.0. The summed E-state index contributed by atoms with van der Waals surface area (Å²) in [7, 11) is 1.78. The van der Waals surface area contributed by atoms with Crippen LogP contribution < -0.4 is 19.9 Å². The minimum Gasteiger partial charge on any atom is -0.491 e.